The second-order valence-corrected chi connectivity index (χ2v) is 14.3. The van der Waals surface area contributed by atoms with Crippen LogP contribution in [-0.2, 0) is 9.22 Å². The highest BCUT2D eigenvalue weighted by Crippen LogP contribution is 2.45. The van der Waals surface area contributed by atoms with Crippen molar-refractivity contribution in [3.05, 3.63) is 96.1 Å². The van der Waals surface area contributed by atoms with E-state index in [1.54, 1.807) is 12.1 Å². The summed E-state index contributed by atoms with van der Waals surface area (Å²) in [6, 6.07) is 27.2. The summed E-state index contributed by atoms with van der Waals surface area (Å²) in [6.07, 6.45) is -4.36. The number of hydrogen-bond acceptors (Lipinski definition) is 2. The lowest BCUT2D eigenvalue weighted by Gasteiger charge is -2.46. The molecule has 1 amide bonds. The van der Waals surface area contributed by atoms with Gasteiger partial charge < -0.3 is 9.74 Å². The van der Waals surface area contributed by atoms with Crippen molar-refractivity contribution in [2.75, 3.05) is 0 Å². The highest BCUT2D eigenvalue weighted by Gasteiger charge is 2.52. The second-order valence-electron chi connectivity index (χ2n) is 10.00. The Morgan fingerprint density at radius 3 is 1.77 bits per heavy atom. The molecule has 3 aromatic rings. The van der Waals surface area contributed by atoms with Crippen molar-refractivity contribution in [3.8, 4) is 0 Å². The average molecular weight is 498 g/mol. The average Bonchev–Trinajstić information content (AvgIpc) is 2.83. The van der Waals surface area contributed by atoms with Gasteiger partial charge in [-0.2, -0.15) is 13.2 Å². The molecular weight excluding hydrogens is 467 g/mol. The smallest absolute Gasteiger partial charge is 0.400 e. The molecule has 3 nitrogen and oxygen atoms in total. The molecule has 4 rings (SSSR count). The van der Waals surface area contributed by atoms with Crippen LogP contribution in [0.15, 0.2) is 84.9 Å². The molecule has 0 heterocycles. The van der Waals surface area contributed by atoms with Gasteiger partial charge in [-0.1, -0.05) is 106 Å². The summed E-state index contributed by atoms with van der Waals surface area (Å²) in [6.45, 7) is 6.58. The van der Waals surface area contributed by atoms with Gasteiger partial charge in [-0.25, -0.2) is 0 Å². The van der Waals surface area contributed by atoms with Crippen LogP contribution in [0.5, 0.6) is 0 Å². The zero-order valence-electron chi connectivity index (χ0n) is 20.1. The highest BCUT2D eigenvalue weighted by molar-refractivity contribution is 6.99. The maximum absolute atomic E-state index is 13.0. The summed E-state index contributed by atoms with van der Waals surface area (Å²) in [4.78, 5) is 11.7. The molecule has 35 heavy (non-hydrogen) atoms. The molecule has 1 N–H and O–H groups in total. The Morgan fingerprint density at radius 2 is 1.29 bits per heavy atom. The van der Waals surface area contributed by atoms with Gasteiger partial charge >= 0.3 is 12.1 Å². The number of hydrogen-bond donors (Lipinski definition) is 1. The third-order valence-electron chi connectivity index (χ3n) is 6.73. The number of fused-ring (bicyclic) bond motifs is 1. The number of nitrogens with one attached hydrogen (secondary N) is 1. The minimum Gasteiger partial charge on any atom is -0.400 e. The van der Waals surface area contributed by atoms with Crippen LogP contribution in [-0.4, -0.2) is 20.4 Å². The monoisotopic (exact) mass is 497 g/mol. The van der Waals surface area contributed by atoms with Gasteiger partial charge in [-0.15, -0.1) is 0 Å². The zero-order valence-corrected chi connectivity index (χ0v) is 21.1. The standard InChI is InChI=1S/C28H30F3NO2Si/c1-27(2,3)35(20-12-6-4-7-13-20,21-14-8-5-9-15-21)34-25-19-18-24(32-26(33)28(29,30)31)22-16-10-11-17-23(22)25/h4-17,24-25H,18-19H2,1-3H3,(H,32,33)/t24-,25-/m1/s1. The van der Waals surface area contributed by atoms with Gasteiger partial charge in [-0.05, 0) is 39.4 Å². The van der Waals surface area contributed by atoms with Gasteiger partial charge in [0.1, 0.15) is 0 Å². The van der Waals surface area contributed by atoms with E-state index in [2.05, 4.69) is 50.4 Å². The van der Waals surface area contributed by atoms with Crippen LogP contribution in [0.3, 0.4) is 0 Å². The van der Waals surface area contributed by atoms with E-state index >= 15 is 0 Å². The number of rotatable bonds is 5. The second kappa shape index (κ2) is 9.63. The summed E-state index contributed by atoms with van der Waals surface area (Å²) in [5, 5.41) is 4.24. The van der Waals surface area contributed by atoms with Gasteiger partial charge in [0.05, 0.1) is 12.1 Å². The molecule has 0 aromatic heterocycles. The molecule has 2 atom stereocenters. The Hall–Kier alpha value is -2.90. The molecule has 1 aliphatic rings. The fraction of sp³-hybridized carbons (Fsp3) is 0.321. The van der Waals surface area contributed by atoms with Crippen LogP contribution in [0.25, 0.3) is 0 Å². The largest absolute Gasteiger partial charge is 0.471 e. The van der Waals surface area contributed by atoms with Crippen LogP contribution < -0.4 is 15.7 Å². The number of carbonyl (C=O) groups is 1. The molecule has 7 heteroatoms. The molecule has 184 valence electrons. The van der Waals surface area contributed by atoms with E-state index in [1.807, 2.05) is 48.5 Å². The highest BCUT2D eigenvalue weighted by atomic mass is 28.4. The number of amides is 1. The summed E-state index contributed by atoms with van der Waals surface area (Å²) < 4.78 is 46.1. The van der Waals surface area contributed by atoms with Crippen molar-refractivity contribution < 1.29 is 22.4 Å². The fourth-order valence-corrected chi connectivity index (χ4v) is 9.85. The molecule has 0 unspecified atom stereocenters. The fourth-order valence-electron chi connectivity index (χ4n) is 5.17. The predicted molar refractivity (Wildman–Crippen MR) is 134 cm³/mol. The third-order valence-corrected chi connectivity index (χ3v) is 11.8. The van der Waals surface area contributed by atoms with Crippen molar-refractivity contribution in [1.82, 2.24) is 5.32 Å². The first kappa shape index (κ1) is 25.2. The lowest BCUT2D eigenvalue weighted by molar-refractivity contribution is -0.174. The Balaban J connectivity index is 1.79. The van der Waals surface area contributed by atoms with E-state index in [4.69, 9.17) is 4.43 Å². The Morgan fingerprint density at radius 1 is 0.800 bits per heavy atom. The minimum atomic E-state index is -4.92. The maximum atomic E-state index is 13.0. The van der Waals surface area contributed by atoms with Crippen molar-refractivity contribution in [3.63, 3.8) is 0 Å². The number of carbonyl (C=O) groups excluding carboxylic acids is 1. The summed E-state index contributed by atoms with van der Waals surface area (Å²) >= 11 is 0. The van der Waals surface area contributed by atoms with Crippen LogP contribution in [0.4, 0.5) is 13.2 Å². The van der Waals surface area contributed by atoms with E-state index in [-0.39, 0.29) is 11.1 Å². The van der Waals surface area contributed by atoms with E-state index < -0.39 is 26.4 Å². The van der Waals surface area contributed by atoms with Crippen LogP contribution in [0.2, 0.25) is 5.04 Å². The van der Waals surface area contributed by atoms with Gasteiger partial charge in [0.25, 0.3) is 8.32 Å². The minimum absolute atomic E-state index is 0.230. The van der Waals surface area contributed by atoms with E-state index in [0.717, 1.165) is 15.9 Å². The maximum Gasteiger partial charge on any atom is 0.471 e. The lowest BCUT2D eigenvalue weighted by Crippen LogP contribution is -2.67. The summed E-state index contributed by atoms with van der Waals surface area (Å²) in [7, 11) is -2.86. The number of halogens is 3. The Bertz CT molecular complexity index is 1120. The number of benzene rings is 3. The molecule has 0 radical (unpaired) electrons. The van der Waals surface area contributed by atoms with E-state index in [1.165, 1.54) is 0 Å². The van der Waals surface area contributed by atoms with Crippen LogP contribution >= 0.6 is 0 Å². The quantitative estimate of drug-likeness (QED) is 0.451. The van der Waals surface area contributed by atoms with Crippen molar-refractivity contribution in [1.29, 1.82) is 0 Å². The molecule has 3 aromatic carbocycles. The van der Waals surface area contributed by atoms with Crippen molar-refractivity contribution in [2.45, 2.75) is 57.0 Å². The van der Waals surface area contributed by atoms with Gasteiger partial charge in [0.15, 0.2) is 0 Å². The number of alkyl halides is 3. The van der Waals surface area contributed by atoms with Crippen molar-refractivity contribution >= 4 is 24.6 Å². The Kier molecular flexibility index (Phi) is 6.93. The summed E-state index contributed by atoms with van der Waals surface area (Å²) in [5.74, 6) is -1.91. The van der Waals surface area contributed by atoms with Crippen LogP contribution in [0.1, 0.15) is 56.9 Å². The third kappa shape index (κ3) is 4.93. The topological polar surface area (TPSA) is 38.3 Å². The molecule has 0 fully saturated rings. The summed E-state index contributed by atoms with van der Waals surface area (Å²) in [5.41, 5.74) is 1.51. The van der Waals surface area contributed by atoms with Crippen molar-refractivity contribution in [2.24, 2.45) is 0 Å². The van der Waals surface area contributed by atoms with Gasteiger partial charge in [-0.3, -0.25) is 4.79 Å². The lowest BCUT2D eigenvalue weighted by atomic mass is 9.86. The first-order valence-electron chi connectivity index (χ1n) is 11.8. The first-order chi connectivity index (χ1) is 16.5. The molecule has 0 bridgehead atoms. The first-order valence-corrected chi connectivity index (χ1v) is 13.7. The van der Waals surface area contributed by atoms with Crippen LogP contribution in [0, 0.1) is 0 Å². The zero-order chi connectivity index (χ0) is 25.3. The normalized spacial score (nSPS) is 18.6. The molecule has 1 aliphatic carbocycles. The SMILES string of the molecule is CC(C)(C)[Si](O[C@@H]1CC[C@@H](NC(=O)C(F)(F)F)c2ccccc21)(c1ccccc1)c1ccccc1. The molecule has 0 aliphatic heterocycles. The Labute approximate surface area is 205 Å². The molecule has 0 saturated heterocycles. The molecule has 0 saturated carbocycles. The van der Waals surface area contributed by atoms with E-state index in [0.29, 0.717) is 18.4 Å². The van der Waals surface area contributed by atoms with E-state index in [9.17, 15) is 18.0 Å². The molecule has 0 spiro atoms. The molecular formula is C28H30F3NO2Si. The predicted octanol–water partition coefficient (Wildman–Crippen LogP) is 5.82. The van der Waals surface area contributed by atoms with Gasteiger partial charge in [0.2, 0.25) is 0 Å². The van der Waals surface area contributed by atoms with Gasteiger partial charge in [0, 0.05) is 0 Å².